The molecule has 2 heterocycles. The molecule has 0 radical (unpaired) electrons. The average Bonchev–Trinajstić information content (AvgIpc) is 2.40. The van der Waals surface area contributed by atoms with Crippen LogP contribution in [0, 0.1) is 17.0 Å². The van der Waals surface area contributed by atoms with Gasteiger partial charge < -0.3 is 14.7 Å². The second-order valence-electron chi connectivity index (χ2n) is 4.82. The Morgan fingerprint density at radius 1 is 1.65 bits per heavy atom. The quantitative estimate of drug-likeness (QED) is 0.661. The fourth-order valence-electron chi connectivity index (χ4n) is 2.28. The van der Waals surface area contributed by atoms with Gasteiger partial charge in [-0.25, -0.2) is 4.98 Å². The van der Waals surface area contributed by atoms with Crippen molar-refractivity contribution in [3.63, 3.8) is 0 Å². The lowest BCUT2D eigenvalue weighted by Gasteiger charge is -2.37. The molecule has 1 aromatic rings. The Morgan fingerprint density at radius 2 is 2.35 bits per heavy atom. The molecule has 7 nitrogen and oxygen atoms in total. The van der Waals surface area contributed by atoms with E-state index in [0.717, 1.165) is 0 Å². The van der Waals surface area contributed by atoms with E-state index in [2.05, 4.69) is 20.9 Å². The Labute approximate surface area is 124 Å². The molecular formula is C12H16BrN3O4. The second-order valence-corrected chi connectivity index (χ2v) is 5.61. The van der Waals surface area contributed by atoms with Gasteiger partial charge >= 0.3 is 0 Å². The molecule has 0 amide bonds. The maximum atomic E-state index is 10.9. The molecule has 2 rings (SSSR count). The van der Waals surface area contributed by atoms with Crippen LogP contribution in [0.4, 0.5) is 11.5 Å². The number of aliphatic hydroxyl groups is 1. The maximum Gasteiger partial charge on any atom is 0.291 e. The number of halogens is 1. The van der Waals surface area contributed by atoms with Gasteiger partial charge in [-0.15, -0.1) is 0 Å². The standard InChI is InChI=1S/C12H16BrN3O4/c1-7-4-15(5-9(6-17)20-7)12-11(13)8(2)10(3-14-12)16(18)19/h3,7,9,17H,4-6H2,1-2H3. The van der Waals surface area contributed by atoms with E-state index in [9.17, 15) is 15.2 Å². The first-order chi connectivity index (χ1) is 9.43. The van der Waals surface area contributed by atoms with Crippen molar-refractivity contribution in [2.45, 2.75) is 26.1 Å². The average molecular weight is 346 g/mol. The van der Waals surface area contributed by atoms with Crippen LogP contribution in [-0.4, -0.2) is 46.9 Å². The van der Waals surface area contributed by atoms with E-state index in [4.69, 9.17) is 4.74 Å². The molecular weight excluding hydrogens is 330 g/mol. The molecule has 2 atom stereocenters. The molecule has 110 valence electrons. The zero-order valence-electron chi connectivity index (χ0n) is 11.2. The van der Waals surface area contributed by atoms with Crippen molar-refractivity contribution >= 4 is 27.4 Å². The summed E-state index contributed by atoms with van der Waals surface area (Å²) in [6, 6.07) is 0. The molecule has 20 heavy (non-hydrogen) atoms. The van der Waals surface area contributed by atoms with Crippen LogP contribution >= 0.6 is 15.9 Å². The summed E-state index contributed by atoms with van der Waals surface area (Å²) in [5.41, 5.74) is 0.528. The van der Waals surface area contributed by atoms with Crippen LogP contribution in [0.1, 0.15) is 12.5 Å². The monoisotopic (exact) mass is 345 g/mol. The molecule has 0 saturated carbocycles. The van der Waals surface area contributed by atoms with Gasteiger partial charge in [-0.2, -0.15) is 0 Å². The van der Waals surface area contributed by atoms with Gasteiger partial charge in [0.05, 0.1) is 28.2 Å². The summed E-state index contributed by atoms with van der Waals surface area (Å²) in [7, 11) is 0. The summed E-state index contributed by atoms with van der Waals surface area (Å²) in [4.78, 5) is 16.6. The smallest absolute Gasteiger partial charge is 0.291 e. The topological polar surface area (TPSA) is 88.7 Å². The Bertz CT molecular complexity index is 526. The summed E-state index contributed by atoms with van der Waals surface area (Å²) in [5, 5.41) is 20.1. The third kappa shape index (κ3) is 2.92. The first-order valence-corrected chi connectivity index (χ1v) is 7.04. The molecule has 1 N–H and O–H groups in total. The highest BCUT2D eigenvalue weighted by Crippen LogP contribution is 2.33. The van der Waals surface area contributed by atoms with Crippen molar-refractivity contribution < 1.29 is 14.8 Å². The maximum absolute atomic E-state index is 10.9. The summed E-state index contributed by atoms with van der Waals surface area (Å²) >= 11 is 3.38. The van der Waals surface area contributed by atoms with E-state index < -0.39 is 4.92 Å². The number of anilines is 1. The molecule has 0 spiro atoms. The van der Waals surface area contributed by atoms with Crippen molar-refractivity contribution in [2.75, 3.05) is 24.6 Å². The normalized spacial score (nSPS) is 22.9. The molecule has 8 heteroatoms. The third-order valence-electron chi connectivity index (χ3n) is 3.25. The summed E-state index contributed by atoms with van der Waals surface area (Å²) in [6.07, 6.45) is 0.955. The van der Waals surface area contributed by atoms with E-state index in [-0.39, 0.29) is 24.5 Å². The number of hydrogen-bond donors (Lipinski definition) is 1. The van der Waals surface area contributed by atoms with Crippen molar-refractivity contribution in [3.8, 4) is 0 Å². The Balaban J connectivity index is 2.33. The fraction of sp³-hybridized carbons (Fsp3) is 0.583. The van der Waals surface area contributed by atoms with Gasteiger partial charge in [0.1, 0.15) is 12.0 Å². The van der Waals surface area contributed by atoms with Crippen LogP contribution in [0.3, 0.4) is 0 Å². The highest BCUT2D eigenvalue weighted by Gasteiger charge is 2.28. The summed E-state index contributed by atoms with van der Waals surface area (Å²) < 4.78 is 6.19. The molecule has 0 aliphatic carbocycles. The first-order valence-electron chi connectivity index (χ1n) is 6.24. The number of rotatable bonds is 3. The number of nitro groups is 1. The van der Waals surface area contributed by atoms with Crippen LogP contribution in [0.2, 0.25) is 0 Å². The predicted molar refractivity (Wildman–Crippen MR) is 77.0 cm³/mol. The first kappa shape index (κ1) is 15.1. The predicted octanol–water partition coefficient (Wildman–Crippen LogP) is 1.65. The number of ether oxygens (including phenoxy) is 1. The number of nitrogens with zero attached hydrogens (tertiary/aromatic N) is 3. The molecule has 0 bridgehead atoms. The highest BCUT2D eigenvalue weighted by atomic mass is 79.9. The van der Waals surface area contributed by atoms with E-state index in [1.807, 2.05) is 11.8 Å². The lowest BCUT2D eigenvalue weighted by molar-refractivity contribution is -0.385. The van der Waals surface area contributed by atoms with Gasteiger partial charge in [0.2, 0.25) is 0 Å². The minimum atomic E-state index is -0.449. The van der Waals surface area contributed by atoms with Crippen LogP contribution in [-0.2, 0) is 4.74 Å². The molecule has 1 aromatic heterocycles. The second kappa shape index (κ2) is 6.02. The molecule has 0 aromatic carbocycles. The molecule has 1 saturated heterocycles. The van der Waals surface area contributed by atoms with Gasteiger partial charge in [-0.3, -0.25) is 10.1 Å². The number of pyridine rings is 1. The van der Waals surface area contributed by atoms with E-state index in [0.29, 0.717) is 28.9 Å². The van der Waals surface area contributed by atoms with Gasteiger partial charge in [-0.1, -0.05) is 0 Å². The number of hydrogen-bond acceptors (Lipinski definition) is 6. The molecule has 1 aliphatic rings. The van der Waals surface area contributed by atoms with Crippen LogP contribution in [0.15, 0.2) is 10.7 Å². The summed E-state index contributed by atoms with van der Waals surface area (Å²) in [5.74, 6) is 0.640. The lowest BCUT2D eigenvalue weighted by atomic mass is 10.2. The number of aliphatic hydroxyl groups excluding tert-OH is 1. The lowest BCUT2D eigenvalue weighted by Crippen LogP contribution is -2.48. The molecule has 1 aliphatic heterocycles. The fourth-order valence-corrected chi connectivity index (χ4v) is 2.84. The summed E-state index contributed by atoms with van der Waals surface area (Å²) in [6.45, 7) is 4.66. The van der Waals surface area contributed by atoms with Crippen LogP contribution in [0.25, 0.3) is 0 Å². The SMILES string of the molecule is Cc1c([N+](=O)[O-])cnc(N2CC(C)OC(CO)C2)c1Br. The van der Waals surface area contributed by atoms with E-state index in [1.165, 1.54) is 6.20 Å². The van der Waals surface area contributed by atoms with Crippen molar-refractivity contribution in [2.24, 2.45) is 0 Å². The van der Waals surface area contributed by atoms with E-state index in [1.54, 1.807) is 6.92 Å². The number of morpholine rings is 1. The van der Waals surface area contributed by atoms with Crippen molar-refractivity contribution in [3.05, 3.63) is 26.3 Å². The Morgan fingerprint density at radius 3 is 2.95 bits per heavy atom. The zero-order valence-corrected chi connectivity index (χ0v) is 12.8. The van der Waals surface area contributed by atoms with Crippen molar-refractivity contribution in [1.82, 2.24) is 4.98 Å². The Hall–Kier alpha value is -1.25. The van der Waals surface area contributed by atoms with E-state index >= 15 is 0 Å². The zero-order chi connectivity index (χ0) is 14.9. The van der Waals surface area contributed by atoms with Gasteiger partial charge in [0.15, 0.2) is 0 Å². The number of aromatic nitrogens is 1. The van der Waals surface area contributed by atoms with Crippen LogP contribution < -0.4 is 4.90 Å². The minimum absolute atomic E-state index is 0.0133. The minimum Gasteiger partial charge on any atom is -0.394 e. The van der Waals surface area contributed by atoms with Crippen LogP contribution in [0.5, 0.6) is 0 Å². The van der Waals surface area contributed by atoms with Crippen molar-refractivity contribution in [1.29, 1.82) is 0 Å². The molecule has 1 fully saturated rings. The van der Waals surface area contributed by atoms with Gasteiger partial charge in [-0.05, 0) is 29.8 Å². The third-order valence-corrected chi connectivity index (χ3v) is 4.19. The highest BCUT2D eigenvalue weighted by molar-refractivity contribution is 9.10. The van der Waals surface area contributed by atoms with Gasteiger partial charge in [0, 0.05) is 18.7 Å². The molecule has 2 unspecified atom stereocenters. The van der Waals surface area contributed by atoms with Gasteiger partial charge in [0.25, 0.3) is 5.69 Å². The Kier molecular flexibility index (Phi) is 4.56. The largest absolute Gasteiger partial charge is 0.394 e.